The molecule has 0 atom stereocenters. The van der Waals surface area contributed by atoms with Gasteiger partial charge in [-0.05, 0) is 58.9 Å². The van der Waals surface area contributed by atoms with Gasteiger partial charge in [0.25, 0.3) is 0 Å². The van der Waals surface area contributed by atoms with Crippen LogP contribution in [0, 0.1) is 0 Å². The van der Waals surface area contributed by atoms with E-state index in [1.807, 2.05) is 18.2 Å². The molecule has 0 spiro atoms. The second kappa shape index (κ2) is 12.1. The summed E-state index contributed by atoms with van der Waals surface area (Å²) < 4.78 is 0. The first kappa shape index (κ1) is 25.1. The van der Waals surface area contributed by atoms with Crippen LogP contribution in [-0.2, 0) is 5.41 Å². The average molecular weight is 466 g/mol. The van der Waals surface area contributed by atoms with Gasteiger partial charge < -0.3 is 0 Å². The molecule has 182 valence electrons. The van der Waals surface area contributed by atoms with Crippen LogP contribution >= 0.6 is 0 Å². The number of aromatic nitrogens is 1. The molecule has 0 unspecified atom stereocenters. The second-order valence-electron chi connectivity index (χ2n) is 9.97. The topological polar surface area (TPSA) is 30.0 Å². The maximum absolute atomic E-state index is 12.6. The number of fused-ring (bicyclic) bond motifs is 3. The van der Waals surface area contributed by atoms with Crippen molar-refractivity contribution in [3.63, 3.8) is 0 Å². The third kappa shape index (κ3) is 5.64. The summed E-state index contributed by atoms with van der Waals surface area (Å²) in [5, 5.41) is 0. The van der Waals surface area contributed by atoms with Gasteiger partial charge in [-0.3, -0.25) is 9.78 Å². The lowest BCUT2D eigenvalue weighted by Gasteiger charge is -2.33. The fraction of sp³-hybridized carbons (Fsp3) is 0.394. The number of allylic oxidation sites excluding steroid dienone is 1. The predicted molar refractivity (Wildman–Crippen MR) is 148 cm³/mol. The molecule has 1 aliphatic rings. The lowest BCUT2D eigenvalue weighted by molar-refractivity contribution is 0.104. The summed E-state index contributed by atoms with van der Waals surface area (Å²) in [5.41, 5.74) is 7.38. The van der Waals surface area contributed by atoms with E-state index >= 15 is 0 Å². The van der Waals surface area contributed by atoms with Gasteiger partial charge in [-0.25, -0.2) is 0 Å². The second-order valence-corrected chi connectivity index (χ2v) is 9.97. The van der Waals surface area contributed by atoms with Crippen molar-refractivity contribution in [2.75, 3.05) is 0 Å². The van der Waals surface area contributed by atoms with Crippen LogP contribution in [0.4, 0.5) is 0 Å². The molecule has 0 saturated carbocycles. The van der Waals surface area contributed by atoms with Crippen LogP contribution in [0.2, 0.25) is 0 Å². The van der Waals surface area contributed by atoms with Crippen LogP contribution < -0.4 is 0 Å². The highest BCUT2D eigenvalue weighted by Crippen LogP contribution is 2.54. The summed E-state index contributed by atoms with van der Waals surface area (Å²) in [6, 6.07) is 21.3. The van der Waals surface area contributed by atoms with Gasteiger partial charge in [-0.15, -0.1) is 0 Å². The number of ketones is 1. The molecule has 0 fully saturated rings. The van der Waals surface area contributed by atoms with Gasteiger partial charge in [0.2, 0.25) is 5.78 Å². The van der Waals surface area contributed by atoms with Crippen LogP contribution in [0.5, 0.6) is 0 Å². The number of unbranched alkanes of at least 4 members (excludes halogenated alkanes) is 6. The molecule has 0 bridgehead atoms. The van der Waals surface area contributed by atoms with E-state index < -0.39 is 0 Å². The Balaban J connectivity index is 1.69. The Hall–Kier alpha value is -3.00. The maximum Gasteiger partial charge on any atom is 0.204 e. The Morgan fingerprint density at radius 3 is 2.14 bits per heavy atom. The monoisotopic (exact) mass is 465 g/mol. The largest absolute Gasteiger partial charge is 0.288 e. The van der Waals surface area contributed by atoms with E-state index in [1.165, 1.54) is 86.5 Å². The molecule has 2 heteroatoms. The van der Waals surface area contributed by atoms with E-state index in [1.54, 1.807) is 18.3 Å². The molecule has 2 nitrogen and oxygen atoms in total. The van der Waals surface area contributed by atoms with Gasteiger partial charge in [0.05, 0.1) is 0 Å². The minimum absolute atomic E-state index is 0.0558. The summed E-state index contributed by atoms with van der Waals surface area (Å²) in [6.45, 7) is 4.57. The molecule has 0 aliphatic heterocycles. The number of hydrogen-bond acceptors (Lipinski definition) is 2. The number of pyridine rings is 1. The number of nitrogens with zero attached hydrogens (tertiary/aromatic N) is 1. The van der Waals surface area contributed by atoms with E-state index in [9.17, 15) is 4.79 Å². The van der Waals surface area contributed by atoms with E-state index in [4.69, 9.17) is 0 Å². The smallest absolute Gasteiger partial charge is 0.204 e. The normalized spacial score (nSPS) is 13.7. The molecule has 0 amide bonds. The van der Waals surface area contributed by atoms with Crippen molar-refractivity contribution < 1.29 is 4.79 Å². The van der Waals surface area contributed by atoms with Crippen LogP contribution in [0.25, 0.3) is 17.2 Å². The molecule has 1 aliphatic carbocycles. The molecule has 1 aromatic heterocycles. The third-order valence-electron chi connectivity index (χ3n) is 7.55. The number of carbonyl (C=O) groups is 1. The Labute approximate surface area is 211 Å². The standard InChI is InChI=1S/C33H39NO/c1-3-5-7-12-22-33(23-13-8-6-4-2)29-16-10-9-15-27(29)28-20-18-26(25-30(28)33)19-21-32(35)31-17-11-14-24-34-31/h9-11,14-21,24-25H,3-8,12-13,22-23H2,1-2H3/b21-19+. The minimum Gasteiger partial charge on any atom is -0.288 e. The third-order valence-corrected chi connectivity index (χ3v) is 7.55. The molecule has 0 N–H and O–H groups in total. The molecule has 0 saturated heterocycles. The van der Waals surface area contributed by atoms with E-state index in [-0.39, 0.29) is 11.2 Å². The molecule has 1 heterocycles. The fourth-order valence-electron chi connectivity index (χ4n) is 5.71. The van der Waals surface area contributed by atoms with E-state index in [0.717, 1.165) is 5.56 Å². The zero-order valence-corrected chi connectivity index (χ0v) is 21.4. The van der Waals surface area contributed by atoms with Gasteiger partial charge in [-0.2, -0.15) is 0 Å². The first-order valence-electron chi connectivity index (χ1n) is 13.6. The lowest BCUT2D eigenvalue weighted by atomic mass is 9.70. The first-order valence-corrected chi connectivity index (χ1v) is 13.6. The molecule has 0 radical (unpaired) electrons. The summed E-state index contributed by atoms with van der Waals surface area (Å²) in [6.07, 6.45) is 17.9. The minimum atomic E-state index is -0.0558. The van der Waals surface area contributed by atoms with Crippen LogP contribution in [0.15, 0.2) is 72.9 Å². The van der Waals surface area contributed by atoms with E-state index in [2.05, 4.69) is 61.3 Å². The summed E-state index contributed by atoms with van der Waals surface area (Å²) in [5.74, 6) is -0.0558. The van der Waals surface area contributed by atoms with Gasteiger partial charge in [0, 0.05) is 11.6 Å². The molecular formula is C33H39NO. The molecular weight excluding hydrogens is 426 g/mol. The average Bonchev–Trinajstić information content (AvgIpc) is 3.17. The van der Waals surface area contributed by atoms with Gasteiger partial charge >= 0.3 is 0 Å². The molecule has 3 aromatic rings. The van der Waals surface area contributed by atoms with E-state index in [0.29, 0.717) is 5.69 Å². The maximum atomic E-state index is 12.6. The Morgan fingerprint density at radius 2 is 1.46 bits per heavy atom. The van der Waals surface area contributed by atoms with Crippen molar-refractivity contribution >= 4 is 11.9 Å². The van der Waals surface area contributed by atoms with Crippen molar-refractivity contribution in [1.29, 1.82) is 0 Å². The van der Waals surface area contributed by atoms with Crippen molar-refractivity contribution in [3.8, 4) is 11.1 Å². The van der Waals surface area contributed by atoms with Crippen molar-refractivity contribution in [3.05, 3.63) is 95.3 Å². The fourth-order valence-corrected chi connectivity index (χ4v) is 5.71. The van der Waals surface area contributed by atoms with Crippen molar-refractivity contribution in [1.82, 2.24) is 4.98 Å². The number of benzene rings is 2. The van der Waals surface area contributed by atoms with Crippen LogP contribution in [0.1, 0.15) is 105 Å². The quantitative estimate of drug-likeness (QED) is 0.143. The Morgan fingerprint density at radius 1 is 0.771 bits per heavy atom. The molecule has 35 heavy (non-hydrogen) atoms. The Bertz CT molecular complexity index is 1130. The number of carbonyl (C=O) groups excluding carboxylic acids is 1. The van der Waals surface area contributed by atoms with Crippen LogP contribution in [0.3, 0.4) is 0 Å². The molecule has 2 aromatic carbocycles. The zero-order valence-electron chi connectivity index (χ0n) is 21.4. The van der Waals surface area contributed by atoms with Gasteiger partial charge in [0.15, 0.2) is 0 Å². The highest BCUT2D eigenvalue weighted by molar-refractivity contribution is 6.05. The highest BCUT2D eigenvalue weighted by atomic mass is 16.1. The predicted octanol–water partition coefficient (Wildman–Crippen LogP) is 9.19. The zero-order chi connectivity index (χ0) is 24.5. The van der Waals surface area contributed by atoms with Gasteiger partial charge in [-0.1, -0.05) is 120 Å². The first-order chi connectivity index (χ1) is 17.2. The summed E-state index contributed by atoms with van der Waals surface area (Å²) in [4.78, 5) is 16.8. The Kier molecular flexibility index (Phi) is 8.69. The van der Waals surface area contributed by atoms with Crippen molar-refractivity contribution in [2.45, 2.75) is 83.5 Å². The SMILES string of the molecule is CCCCCCC1(CCCCCC)c2ccccc2-c2ccc(/C=C/C(=O)c3ccccn3)cc21. The highest BCUT2D eigenvalue weighted by Gasteiger charge is 2.41. The van der Waals surface area contributed by atoms with Crippen molar-refractivity contribution in [2.24, 2.45) is 0 Å². The van der Waals surface area contributed by atoms with Gasteiger partial charge in [0.1, 0.15) is 5.69 Å². The summed E-state index contributed by atoms with van der Waals surface area (Å²) >= 11 is 0. The lowest BCUT2D eigenvalue weighted by Crippen LogP contribution is -2.25. The summed E-state index contributed by atoms with van der Waals surface area (Å²) in [7, 11) is 0. The van der Waals surface area contributed by atoms with Crippen LogP contribution in [-0.4, -0.2) is 10.8 Å². The molecule has 4 rings (SSSR count). The number of rotatable bonds is 13. The number of hydrogen-bond donors (Lipinski definition) is 0.